The van der Waals surface area contributed by atoms with Gasteiger partial charge in [0, 0.05) is 17.6 Å². The van der Waals surface area contributed by atoms with Crippen LogP contribution in [-0.4, -0.2) is 29.5 Å². The summed E-state index contributed by atoms with van der Waals surface area (Å²) in [6, 6.07) is 7.95. The molecule has 0 saturated carbocycles. The quantitative estimate of drug-likeness (QED) is 0.737. The molecule has 3 nitrogen and oxygen atoms in total. The summed E-state index contributed by atoms with van der Waals surface area (Å²) >= 11 is 3.35. The molecule has 0 radical (unpaired) electrons. The summed E-state index contributed by atoms with van der Waals surface area (Å²) in [6.45, 7) is 0.907. The highest BCUT2D eigenvalue weighted by Crippen LogP contribution is 2.09. The van der Waals surface area contributed by atoms with Crippen molar-refractivity contribution < 1.29 is 10.2 Å². The zero-order valence-corrected chi connectivity index (χ0v) is 9.37. The van der Waals surface area contributed by atoms with Crippen LogP contribution in [0.4, 0.5) is 0 Å². The van der Waals surface area contributed by atoms with Crippen LogP contribution in [0.1, 0.15) is 5.56 Å². The Hall–Kier alpha value is -0.420. The van der Waals surface area contributed by atoms with Gasteiger partial charge in [-0.3, -0.25) is 0 Å². The molecule has 0 saturated heterocycles. The second kappa shape index (κ2) is 6.14. The lowest BCUT2D eigenvalue weighted by Crippen LogP contribution is -2.28. The SMILES string of the molecule is OC[C@@H](O)CNCc1ccc(Br)cc1. The number of benzene rings is 1. The van der Waals surface area contributed by atoms with Gasteiger partial charge in [0.1, 0.15) is 0 Å². The fourth-order valence-corrected chi connectivity index (χ4v) is 1.31. The molecule has 14 heavy (non-hydrogen) atoms. The molecule has 0 bridgehead atoms. The van der Waals surface area contributed by atoms with Crippen LogP contribution >= 0.6 is 15.9 Å². The zero-order valence-electron chi connectivity index (χ0n) is 7.78. The topological polar surface area (TPSA) is 52.5 Å². The third-order valence-electron chi connectivity index (χ3n) is 1.83. The Morgan fingerprint density at radius 3 is 2.50 bits per heavy atom. The number of nitrogens with one attached hydrogen (secondary N) is 1. The second-order valence-corrected chi connectivity index (χ2v) is 4.01. The van der Waals surface area contributed by atoms with Gasteiger partial charge >= 0.3 is 0 Å². The highest BCUT2D eigenvalue weighted by atomic mass is 79.9. The van der Waals surface area contributed by atoms with Gasteiger partial charge in [0.25, 0.3) is 0 Å². The van der Waals surface area contributed by atoms with Crippen LogP contribution in [-0.2, 0) is 6.54 Å². The van der Waals surface area contributed by atoms with Crippen molar-refractivity contribution in [2.45, 2.75) is 12.6 Å². The predicted octanol–water partition coefficient (Wildman–Crippen LogP) is 0.892. The minimum absolute atomic E-state index is 0.201. The van der Waals surface area contributed by atoms with Crippen LogP contribution < -0.4 is 5.32 Å². The van der Waals surface area contributed by atoms with E-state index >= 15 is 0 Å². The average Bonchev–Trinajstić information content (AvgIpc) is 2.21. The standard InChI is InChI=1S/C10H14BrNO2/c11-9-3-1-8(2-4-9)5-12-6-10(14)7-13/h1-4,10,12-14H,5-7H2/t10-/m0/s1. The Balaban J connectivity index is 2.28. The number of hydrogen-bond acceptors (Lipinski definition) is 3. The second-order valence-electron chi connectivity index (χ2n) is 3.09. The molecule has 1 aromatic carbocycles. The fraction of sp³-hybridized carbons (Fsp3) is 0.400. The Morgan fingerprint density at radius 2 is 1.93 bits per heavy atom. The molecule has 0 aliphatic carbocycles. The van der Waals surface area contributed by atoms with Crippen LogP contribution in [0, 0.1) is 0 Å². The summed E-state index contributed by atoms with van der Waals surface area (Å²) in [5.41, 5.74) is 1.15. The molecule has 0 unspecified atom stereocenters. The minimum atomic E-state index is -0.676. The largest absolute Gasteiger partial charge is 0.394 e. The zero-order chi connectivity index (χ0) is 10.4. The monoisotopic (exact) mass is 259 g/mol. The number of halogens is 1. The van der Waals surface area contributed by atoms with Crippen LogP contribution in [0.2, 0.25) is 0 Å². The molecular weight excluding hydrogens is 246 g/mol. The predicted molar refractivity (Wildman–Crippen MR) is 58.9 cm³/mol. The van der Waals surface area contributed by atoms with Crippen molar-refractivity contribution in [3.8, 4) is 0 Å². The maximum atomic E-state index is 9.06. The minimum Gasteiger partial charge on any atom is -0.394 e. The van der Waals surface area contributed by atoms with Crippen LogP contribution in [0.5, 0.6) is 0 Å². The first-order valence-electron chi connectivity index (χ1n) is 4.46. The van der Waals surface area contributed by atoms with E-state index in [1.54, 1.807) is 0 Å². The van der Waals surface area contributed by atoms with Gasteiger partial charge in [-0.15, -0.1) is 0 Å². The number of rotatable bonds is 5. The van der Waals surface area contributed by atoms with Crippen molar-refractivity contribution in [2.75, 3.05) is 13.2 Å². The summed E-state index contributed by atoms with van der Waals surface area (Å²) in [5, 5.41) is 20.7. The maximum Gasteiger partial charge on any atom is 0.0895 e. The number of aliphatic hydroxyl groups excluding tert-OH is 2. The third kappa shape index (κ3) is 4.19. The molecule has 0 aromatic heterocycles. The average molecular weight is 260 g/mol. The smallest absolute Gasteiger partial charge is 0.0895 e. The van der Waals surface area contributed by atoms with E-state index in [-0.39, 0.29) is 6.61 Å². The molecule has 0 fully saturated rings. The van der Waals surface area contributed by atoms with E-state index in [1.165, 1.54) is 0 Å². The van der Waals surface area contributed by atoms with E-state index in [2.05, 4.69) is 21.2 Å². The van der Waals surface area contributed by atoms with Crippen LogP contribution in [0.25, 0.3) is 0 Å². The summed E-state index contributed by atoms with van der Waals surface area (Å²) in [4.78, 5) is 0. The van der Waals surface area contributed by atoms with Gasteiger partial charge in [-0.25, -0.2) is 0 Å². The van der Waals surface area contributed by atoms with Crippen molar-refractivity contribution in [3.05, 3.63) is 34.3 Å². The number of hydrogen-bond donors (Lipinski definition) is 3. The lowest BCUT2D eigenvalue weighted by molar-refractivity contribution is 0.0942. The van der Waals surface area contributed by atoms with Crippen molar-refractivity contribution in [1.29, 1.82) is 0 Å². The molecule has 0 heterocycles. The number of aliphatic hydroxyl groups is 2. The molecule has 78 valence electrons. The third-order valence-corrected chi connectivity index (χ3v) is 2.36. The first-order chi connectivity index (χ1) is 6.72. The summed E-state index contributed by atoms with van der Waals surface area (Å²) in [6.07, 6.45) is -0.676. The van der Waals surface area contributed by atoms with Gasteiger partial charge < -0.3 is 15.5 Å². The lowest BCUT2D eigenvalue weighted by atomic mass is 10.2. The van der Waals surface area contributed by atoms with Gasteiger partial charge in [0.15, 0.2) is 0 Å². The van der Waals surface area contributed by atoms with Crippen LogP contribution in [0.15, 0.2) is 28.7 Å². The molecule has 0 aliphatic rings. The normalized spacial score (nSPS) is 12.8. The van der Waals surface area contributed by atoms with E-state index in [9.17, 15) is 0 Å². The molecule has 1 rings (SSSR count). The van der Waals surface area contributed by atoms with Crippen molar-refractivity contribution >= 4 is 15.9 Å². The molecule has 1 aromatic rings. The molecule has 0 aliphatic heterocycles. The highest BCUT2D eigenvalue weighted by molar-refractivity contribution is 9.10. The summed E-state index contributed by atoms with van der Waals surface area (Å²) < 4.78 is 1.05. The van der Waals surface area contributed by atoms with E-state index in [1.807, 2.05) is 24.3 Å². The molecular formula is C10H14BrNO2. The van der Waals surface area contributed by atoms with Gasteiger partial charge in [-0.1, -0.05) is 28.1 Å². The Kier molecular flexibility index (Phi) is 5.11. The Labute approximate surface area is 91.9 Å². The van der Waals surface area contributed by atoms with Crippen molar-refractivity contribution in [3.63, 3.8) is 0 Å². The Morgan fingerprint density at radius 1 is 1.29 bits per heavy atom. The van der Waals surface area contributed by atoms with Gasteiger partial charge in [-0.2, -0.15) is 0 Å². The van der Waals surface area contributed by atoms with E-state index in [0.29, 0.717) is 13.1 Å². The summed E-state index contributed by atoms with van der Waals surface area (Å²) in [7, 11) is 0. The van der Waals surface area contributed by atoms with Crippen molar-refractivity contribution in [2.24, 2.45) is 0 Å². The first kappa shape index (κ1) is 11.7. The summed E-state index contributed by atoms with van der Waals surface area (Å²) in [5.74, 6) is 0. The van der Waals surface area contributed by atoms with Gasteiger partial charge in [0.05, 0.1) is 12.7 Å². The van der Waals surface area contributed by atoms with Crippen molar-refractivity contribution in [1.82, 2.24) is 5.32 Å². The first-order valence-corrected chi connectivity index (χ1v) is 5.25. The Bertz CT molecular complexity index is 263. The molecule has 1 atom stereocenters. The maximum absolute atomic E-state index is 9.06. The van der Waals surface area contributed by atoms with E-state index < -0.39 is 6.10 Å². The van der Waals surface area contributed by atoms with E-state index in [0.717, 1.165) is 10.0 Å². The fourth-order valence-electron chi connectivity index (χ4n) is 1.05. The molecule has 0 spiro atoms. The van der Waals surface area contributed by atoms with E-state index in [4.69, 9.17) is 10.2 Å². The molecule has 4 heteroatoms. The lowest BCUT2D eigenvalue weighted by Gasteiger charge is -2.08. The van der Waals surface area contributed by atoms with Gasteiger partial charge in [-0.05, 0) is 17.7 Å². The van der Waals surface area contributed by atoms with Crippen LogP contribution in [0.3, 0.4) is 0 Å². The highest BCUT2D eigenvalue weighted by Gasteiger charge is 2.00. The van der Waals surface area contributed by atoms with Gasteiger partial charge in [0.2, 0.25) is 0 Å². The molecule has 3 N–H and O–H groups in total. The molecule has 0 amide bonds.